The summed E-state index contributed by atoms with van der Waals surface area (Å²) >= 11 is 7.62. The Labute approximate surface area is 133 Å². The molecule has 0 radical (unpaired) electrons. The Morgan fingerprint density at radius 1 is 1.43 bits per heavy atom. The molecular weight excluding hydrogens is 310 g/mol. The van der Waals surface area contributed by atoms with Crippen molar-refractivity contribution in [3.05, 3.63) is 21.3 Å². The Hall–Kier alpha value is -0.620. The molecule has 1 saturated heterocycles. The minimum atomic E-state index is -0.772. The average molecular weight is 330 g/mol. The Balaban J connectivity index is 1.48. The lowest BCUT2D eigenvalue weighted by molar-refractivity contribution is -0.170. The van der Waals surface area contributed by atoms with Gasteiger partial charge in [0.1, 0.15) is 0 Å². The average Bonchev–Trinajstić information content (AvgIpc) is 2.81. The fraction of sp³-hybridized carbons (Fsp3) is 0.667. The van der Waals surface area contributed by atoms with Crippen molar-refractivity contribution in [2.75, 3.05) is 13.1 Å². The fourth-order valence-electron chi connectivity index (χ4n) is 3.59. The van der Waals surface area contributed by atoms with Gasteiger partial charge in [0.25, 0.3) is 0 Å². The zero-order chi connectivity index (χ0) is 15.0. The zero-order valence-electron chi connectivity index (χ0n) is 11.8. The molecule has 1 aliphatic carbocycles. The highest BCUT2D eigenvalue weighted by Crippen LogP contribution is 2.46. The second-order valence-electron chi connectivity index (χ2n) is 6.33. The number of carbonyl (C=O) groups is 1. The van der Waals surface area contributed by atoms with Gasteiger partial charge in [0, 0.05) is 16.8 Å². The summed E-state index contributed by atoms with van der Waals surface area (Å²) in [5.74, 6) is -0.871. The van der Waals surface area contributed by atoms with Crippen LogP contribution >= 0.6 is 22.9 Å². The molecule has 2 aliphatic rings. The molecule has 1 aliphatic heterocycles. The maximum Gasteiger partial charge on any atom is 0.306 e. The van der Waals surface area contributed by atoms with Gasteiger partial charge in [-0.1, -0.05) is 11.6 Å². The molecule has 0 spiro atoms. The molecule has 3 rings (SSSR count). The van der Waals surface area contributed by atoms with Gasteiger partial charge in [0.05, 0.1) is 16.5 Å². The lowest BCUT2D eigenvalue weighted by Gasteiger charge is -2.49. The van der Waals surface area contributed by atoms with Gasteiger partial charge in [-0.3, -0.25) is 9.69 Å². The van der Waals surface area contributed by atoms with Crippen molar-refractivity contribution in [2.24, 2.45) is 11.8 Å². The molecule has 0 unspecified atom stereocenters. The molecule has 1 aromatic rings. The summed E-state index contributed by atoms with van der Waals surface area (Å²) in [6.45, 7) is 2.83. The highest BCUT2D eigenvalue weighted by atomic mass is 35.5. The van der Waals surface area contributed by atoms with Crippen molar-refractivity contribution >= 4 is 28.9 Å². The van der Waals surface area contributed by atoms with Crippen LogP contribution in [0.25, 0.3) is 0 Å². The van der Waals surface area contributed by atoms with Crippen LogP contribution < -0.4 is 0 Å². The van der Waals surface area contributed by atoms with Crippen LogP contribution in [-0.4, -0.2) is 39.8 Å². The topological polar surface area (TPSA) is 60.8 Å². The number of thiophene rings is 1. The first-order valence-corrected chi connectivity index (χ1v) is 8.62. The van der Waals surface area contributed by atoms with Gasteiger partial charge < -0.3 is 10.2 Å². The van der Waals surface area contributed by atoms with E-state index in [-0.39, 0.29) is 11.8 Å². The first kappa shape index (κ1) is 15.3. The maximum absolute atomic E-state index is 10.9. The second-order valence-corrected chi connectivity index (χ2v) is 7.76. The van der Waals surface area contributed by atoms with E-state index < -0.39 is 11.6 Å². The standard InChI is InChI=1S/C15H20ClNO3S/c16-12-5-13(21-9-12)8-17-3-1-11(2-4-17)15(20)6-10(7-15)14(18)19/h5,9-11,20H,1-4,6-8H2,(H,18,19). The monoisotopic (exact) mass is 329 g/mol. The number of halogens is 1. The fourth-order valence-corrected chi connectivity index (χ4v) is 4.70. The van der Waals surface area contributed by atoms with Crippen LogP contribution in [0.1, 0.15) is 30.6 Å². The molecule has 0 atom stereocenters. The summed E-state index contributed by atoms with van der Waals surface area (Å²) in [7, 11) is 0. The Bertz CT molecular complexity index is 519. The number of piperidine rings is 1. The van der Waals surface area contributed by atoms with Crippen LogP contribution in [0.4, 0.5) is 0 Å². The number of carboxylic acid groups (broad SMARTS) is 1. The van der Waals surface area contributed by atoms with Gasteiger partial charge in [-0.25, -0.2) is 0 Å². The lowest BCUT2D eigenvalue weighted by atomic mass is 9.62. The molecule has 1 saturated carbocycles. The van der Waals surface area contributed by atoms with Gasteiger partial charge in [-0.05, 0) is 50.8 Å². The molecule has 21 heavy (non-hydrogen) atoms. The molecule has 2 heterocycles. The largest absolute Gasteiger partial charge is 0.481 e. The third-order valence-corrected chi connectivity index (χ3v) is 6.17. The molecule has 116 valence electrons. The molecule has 0 aromatic carbocycles. The summed E-state index contributed by atoms with van der Waals surface area (Å²) < 4.78 is 0. The van der Waals surface area contributed by atoms with Crippen LogP contribution in [-0.2, 0) is 11.3 Å². The van der Waals surface area contributed by atoms with Crippen LogP contribution in [0.2, 0.25) is 5.02 Å². The van der Waals surface area contributed by atoms with Gasteiger partial charge >= 0.3 is 5.97 Å². The predicted molar refractivity (Wildman–Crippen MR) is 82.6 cm³/mol. The van der Waals surface area contributed by atoms with E-state index >= 15 is 0 Å². The summed E-state index contributed by atoms with van der Waals surface area (Å²) in [4.78, 5) is 14.5. The van der Waals surface area contributed by atoms with E-state index in [2.05, 4.69) is 4.90 Å². The van der Waals surface area contributed by atoms with E-state index in [1.807, 2.05) is 11.4 Å². The second kappa shape index (κ2) is 5.88. The number of likely N-dealkylation sites (tertiary alicyclic amines) is 1. The number of nitrogens with zero attached hydrogens (tertiary/aromatic N) is 1. The van der Waals surface area contributed by atoms with Crippen LogP contribution in [0.3, 0.4) is 0 Å². The molecule has 0 bridgehead atoms. The molecule has 4 nitrogen and oxygen atoms in total. The molecule has 2 N–H and O–H groups in total. The van der Waals surface area contributed by atoms with Crippen molar-refractivity contribution in [1.29, 1.82) is 0 Å². The van der Waals surface area contributed by atoms with E-state index in [9.17, 15) is 9.90 Å². The Kier molecular flexibility index (Phi) is 4.28. The summed E-state index contributed by atoms with van der Waals surface area (Å²) in [5.41, 5.74) is -0.735. The quantitative estimate of drug-likeness (QED) is 0.891. The van der Waals surface area contributed by atoms with Crippen molar-refractivity contribution < 1.29 is 15.0 Å². The molecular formula is C15H20ClNO3S. The van der Waals surface area contributed by atoms with E-state index in [1.165, 1.54) is 4.88 Å². The minimum Gasteiger partial charge on any atom is -0.481 e. The van der Waals surface area contributed by atoms with E-state index in [4.69, 9.17) is 16.7 Å². The number of rotatable bonds is 4. The number of aliphatic hydroxyl groups is 1. The molecule has 1 aromatic heterocycles. The van der Waals surface area contributed by atoms with E-state index in [0.29, 0.717) is 12.8 Å². The smallest absolute Gasteiger partial charge is 0.306 e. The highest BCUT2D eigenvalue weighted by Gasteiger charge is 2.51. The number of carboxylic acids is 1. The van der Waals surface area contributed by atoms with Gasteiger partial charge in [0.2, 0.25) is 0 Å². The summed E-state index contributed by atoms with van der Waals surface area (Å²) in [6.07, 6.45) is 2.74. The first-order chi connectivity index (χ1) is 9.96. The third kappa shape index (κ3) is 3.26. The van der Waals surface area contributed by atoms with Crippen molar-refractivity contribution in [1.82, 2.24) is 4.90 Å². The van der Waals surface area contributed by atoms with Crippen molar-refractivity contribution in [3.8, 4) is 0 Å². The van der Waals surface area contributed by atoms with Crippen LogP contribution in [0.5, 0.6) is 0 Å². The van der Waals surface area contributed by atoms with Gasteiger partial charge in [0.15, 0.2) is 0 Å². The van der Waals surface area contributed by atoms with Crippen LogP contribution in [0, 0.1) is 11.8 Å². The van der Waals surface area contributed by atoms with Gasteiger partial charge in [-0.2, -0.15) is 0 Å². The predicted octanol–water partition coefficient (Wildman–Crippen LogP) is 2.84. The summed E-state index contributed by atoms with van der Waals surface area (Å²) in [6, 6.07) is 2.01. The normalized spacial score (nSPS) is 31.0. The Morgan fingerprint density at radius 2 is 2.10 bits per heavy atom. The minimum absolute atomic E-state index is 0.247. The SMILES string of the molecule is O=C(O)C1CC(O)(C2CCN(Cc3cc(Cl)cs3)CC2)C1. The number of hydrogen-bond donors (Lipinski definition) is 2. The molecule has 2 fully saturated rings. The molecule has 0 amide bonds. The molecule has 6 heteroatoms. The third-order valence-electron chi connectivity index (χ3n) is 4.90. The maximum atomic E-state index is 10.9. The zero-order valence-corrected chi connectivity index (χ0v) is 13.4. The lowest BCUT2D eigenvalue weighted by Crippen LogP contribution is -2.54. The summed E-state index contributed by atoms with van der Waals surface area (Å²) in [5, 5.41) is 22.2. The van der Waals surface area contributed by atoms with E-state index in [0.717, 1.165) is 37.5 Å². The van der Waals surface area contributed by atoms with Crippen LogP contribution in [0.15, 0.2) is 11.4 Å². The number of hydrogen-bond acceptors (Lipinski definition) is 4. The highest BCUT2D eigenvalue weighted by molar-refractivity contribution is 7.10. The van der Waals surface area contributed by atoms with Crippen molar-refractivity contribution in [2.45, 2.75) is 37.8 Å². The van der Waals surface area contributed by atoms with E-state index in [1.54, 1.807) is 11.3 Å². The van der Waals surface area contributed by atoms with Gasteiger partial charge in [-0.15, -0.1) is 11.3 Å². The first-order valence-electron chi connectivity index (χ1n) is 7.37. The Morgan fingerprint density at radius 3 is 2.62 bits per heavy atom. The number of aliphatic carboxylic acids is 1. The van der Waals surface area contributed by atoms with Crippen molar-refractivity contribution in [3.63, 3.8) is 0 Å².